The molecule has 0 amide bonds. The maximum absolute atomic E-state index is 9.81. The van der Waals surface area contributed by atoms with Crippen LogP contribution in [-0.2, 0) is 19.4 Å². The number of furan rings is 2. The van der Waals surface area contributed by atoms with Crippen LogP contribution in [0.2, 0.25) is 0 Å². The second-order valence-electron chi connectivity index (χ2n) is 5.75. The molecule has 0 aliphatic rings. The minimum Gasteiger partial charge on any atom is -0.465 e. The van der Waals surface area contributed by atoms with Gasteiger partial charge in [0.2, 0.25) is 0 Å². The summed E-state index contributed by atoms with van der Waals surface area (Å²) in [4.78, 5) is 0. The molecule has 0 saturated heterocycles. The summed E-state index contributed by atoms with van der Waals surface area (Å²) in [7, 11) is 0. The fraction of sp³-hybridized carbons (Fsp3) is 0.300. The Bertz CT molecular complexity index is 774. The molecule has 4 heteroatoms. The lowest BCUT2D eigenvalue weighted by molar-refractivity contribution is 0.279. The summed E-state index contributed by atoms with van der Waals surface area (Å²) >= 11 is 3.47. The quantitative estimate of drug-likeness (QED) is 0.611. The third-order valence-electron chi connectivity index (χ3n) is 4.22. The topological polar surface area (TPSA) is 46.5 Å². The molecule has 0 radical (unpaired) electrons. The van der Waals surface area contributed by atoms with E-state index in [1.165, 1.54) is 0 Å². The van der Waals surface area contributed by atoms with Gasteiger partial charge in [0, 0.05) is 17.3 Å². The molecule has 0 saturated carbocycles. The van der Waals surface area contributed by atoms with Crippen molar-refractivity contribution in [3.8, 4) is 0 Å². The Morgan fingerprint density at radius 2 is 1.50 bits per heavy atom. The molecule has 1 N–H and O–H groups in total. The zero-order chi connectivity index (χ0) is 17.1. The molecule has 0 bridgehead atoms. The van der Waals surface area contributed by atoms with E-state index in [9.17, 15) is 5.11 Å². The Kier molecular flexibility index (Phi) is 5.27. The highest BCUT2D eigenvalue weighted by Gasteiger charge is 2.26. The fourth-order valence-electron chi connectivity index (χ4n) is 2.92. The van der Waals surface area contributed by atoms with Crippen LogP contribution in [0.15, 0.2) is 55.8 Å². The first-order chi connectivity index (χ1) is 11.7. The minimum absolute atomic E-state index is 0.0338. The van der Waals surface area contributed by atoms with Gasteiger partial charge in [0.25, 0.3) is 0 Å². The average Bonchev–Trinajstić information content (AvgIpc) is 3.26. The molecule has 0 fully saturated rings. The number of hydrogen-bond donors (Lipinski definition) is 1. The molecule has 0 spiro atoms. The second kappa shape index (κ2) is 7.41. The molecule has 24 heavy (non-hydrogen) atoms. The number of aliphatic hydroxyl groups is 1. The zero-order valence-electron chi connectivity index (χ0n) is 13.9. The van der Waals surface area contributed by atoms with Crippen LogP contribution >= 0.6 is 15.9 Å². The van der Waals surface area contributed by atoms with E-state index in [-0.39, 0.29) is 12.5 Å². The molecule has 0 atom stereocenters. The van der Waals surface area contributed by atoms with Crippen LogP contribution in [0.3, 0.4) is 0 Å². The van der Waals surface area contributed by atoms with Gasteiger partial charge in [-0.1, -0.05) is 35.8 Å². The zero-order valence-corrected chi connectivity index (χ0v) is 15.5. The van der Waals surface area contributed by atoms with E-state index in [0.29, 0.717) is 0 Å². The normalized spacial score (nSPS) is 11.4. The summed E-state index contributed by atoms with van der Waals surface area (Å²) < 4.78 is 13.0. The maximum atomic E-state index is 9.81. The van der Waals surface area contributed by atoms with E-state index in [4.69, 9.17) is 8.83 Å². The molecule has 1 aromatic carbocycles. The van der Waals surface area contributed by atoms with E-state index >= 15 is 0 Å². The van der Waals surface area contributed by atoms with Gasteiger partial charge in [-0.05, 0) is 47.5 Å². The summed E-state index contributed by atoms with van der Waals surface area (Å²) in [6.45, 7) is 4.10. The molecule has 0 unspecified atom stereocenters. The first-order valence-corrected chi connectivity index (χ1v) is 9.02. The van der Waals surface area contributed by atoms with Crippen molar-refractivity contribution < 1.29 is 13.9 Å². The summed E-state index contributed by atoms with van der Waals surface area (Å²) in [6.07, 6.45) is 1.69. The SMILES string of the molecule is CCc1ccc(C(c2ccc(CC)o2)c2ccc(Br)cc2CO)o1. The summed E-state index contributed by atoms with van der Waals surface area (Å²) in [5.74, 6) is 3.39. The lowest BCUT2D eigenvalue weighted by atomic mass is 9.90. The van der Waals surface area contributed by atoms with Gasteiger partial charge in [0.1, 0.15) is 29.0 Å². The van der Waals surface area contributed by atoms with Crippen molar-refractivity contribution in [3.63, 3.8) is 0 Å². The summed E-state index contributed by atoms with van der Waals surface area (Å²) in [5.41, 5.74) is 1.85. The number of aryl methyl sites for hydroxylation is 2. The highest BCUT2D eigenvalue weighted by molar-refractivity contribution is 9.10. The molecule has 0 aliphatic heterocycles. The lowest BCUT2D eigenvalue weighted by Gasteiger charge is -2.17. The van der Waals surface area contributed by atoms with Crippen molar-refractivity contribution in [2.75, 3.05) is 0 Å². The highest BCUT2D eigenvalue weighted by atomic mass is 79.9. The molecule has 3 rings (SSSR count). The lowest BCUT2D eigenvalue weighted by Crippen LogP contribution is -2.05. The van der Waals surface area contributed by atoms with Gasteiger partial charge < -0.3 is 13.9 Å². The number of rotatable bonds is 6. The van der Waals surface area contributed by atoms with E-state index in [2.05, 4.69) is 29.8 Å². The highest BCUT2D eigenvalue weighted by Crippen LogP contribution is 2.37. The number of benzene rings is 1. The van der Waals surface area contributed by atoms with Crippen LogP contribution in [0.5, 0.6) is 0 Å². The van der Waals surface area contributed by atoms with Crippen molar-refractivity contribution in [2.45, 2.75) is 39.2 Å². The van der Waals surface area contributed by atoms with Crippen molar-refractivity contribution in [2.24, 2.45) is 0 Å². The third-order valence-corrected chi connectivity index (χ3v) is 4.71. The average molecular weight is 389 g/mol. The van der Waals surface area contributed by atoms with E-state index in [0.717, 1.165) is 51.5 Å². The Labute approximate surface area is 150 Å². The van der Waals surface area contributed by atoms with Gasteiger partial charge in [-0.3, -0.25) is 0 Å². The van der Waals surface area contributed by atoms with Gasteiger partial charge in [-0.25, -0.2) is 0 Å². The van der Waals surface area contributed by atoms with Crippen LogP contribution in [0, 0.1) is 0 Å². The number of hydrogen-bond acceptors (Lipinski definition) is 3. The predicted octanol–water partition coefficient (Wildman–Crippen LogP) is 5.43. The van der Waals surface area contributed by atoms with Crippen LogP contribution in [0.1, 0.15) is 53.9 Å². The van der Waals surface area contributed by atoms with Gasteiger partial charge in [-0.2, -0.15) is 0 Å². The Morgan fingerprint density at radius 1 is 0.917 bits per heavy atom. The van der Waals surface area contributed by atoms with E-state index in [1.54, 1.807) is 0 Å². The first-order valence-electron chi connectivity index (χ1n) is 8.22. The summed E-state index contributed by atoms with van der Waals surface area (Å²) in [6, 6.07) is 13.9. The van der Waals surface area contributed by atoms with Crippen LogP contribution in [-0.4, -0.2) is 5.11 Å². The summed E-state index contributed by atoms with van der Waals surface area (Å²) in [5, 5.41) is 9.81. The Balaban J connectivity index is 2.14. The maximum Gasteiger partial charge on any atom is 0.119 e. The molecular weight excluding hydrogens is 368 g/mol. The molecule has 126 valence electrons. The van der Waals surface area contributed by atoms with E-state index < -0.39 is 0 Å². The second-order valence-corrected chi connectivity index (χ2v) is 6.67. The molecule has 2 aromatic heterocycles. The van der Waals surface area contributed by atoms with Gasteiger partial charge in [-0.15, -0.1) is 0 Å². The fourth-order valence-corrected chi connectivity index (χ4v) is 3.33. The van der Waals surface area contributed by atoms with Crippen LogP contribution in [0.25, 0.3) is 0 Å². The van der Waals surface area contributed by atoms with Crippen molar-refractivity contribution >= 4 is 15.9 Å². The molecule has 3 aromatic rings. The third kappa shape index (κ3) is 3.35. The number of halogens is 1. The van der Waals surface area contributed by atoms with Gasteiger partial charge >= 0.3 is 0 Å². The van der Waals surface area contributed by atoms with Crippen molar-refractivity contribution in [3.05, 3.63) is 81.1 Å². The monoisotopic (exact) mass is 388 g/mol. The standard InChI is InChI=1S/C20H21BrO3/c1-3-15-6-9-18(23-15)20(19-10-7-16(4-2)24-19)17-8-5-14(21)11-13(17)12-22/h5-11,20,22H,3-4,12H2,1-2H3. The molecule has 3 nitrogen and oxygen atoms in total. The number of aliphatic hydroxyl groups excluding tert-OH is 1. The van der Waals surface area contributed by atoms with Crippen molar-refractivity contribution in [1.29, 1.82) is 0 Å². The Hall–Kier alpha value is -1.78. The molecule has 0 aliphatic carbocycles. The van der Waals surface area contributed by atoms with Crippen LogP contribution < -0.4 is 0 Å². The van der Waals surface area contributed by atoms with Gasteiger partial charge in [0.15, 0.2) is 0 Å². The predicted molar refractivity (Wildman–Crippen MR) is 97.2 cm³/mol. The minimum atomic E-state index is -0.166. The Morgan fingerprint density at radius 3 is 1.96 bits per heavy atom. The van der Waals surface area contributed by atoms with Gasteiger partial charge in [0.05, 0.1) is 6.61 Å². The molecular formula is C20H21BrO3. The van der Waals surface area contributed by atoms with E-state index in [1.807, 2.05) is 42.5 Å². The largest absolute Gasteiger partial charge is 0.465 e. The van der Waals surface area contributed by atoms with Crippen molar-refractivity contribution in [1.82, 2.24) is 0 Å². The molecule has 2 heterocycles. The first kappa shape index (κ1) is 17.1. The smallest absolute Gasteiger partial charge is 0.119 e. The van der Waals surface area contributed by atoms with Crippen LogP contribution in [0.4, 0.5) is 0 Å².